The number of rotatable bonds is 3. The van der Waals surface area contributed by atoms with Crippen molar-refractivity contribution in [2.45, 2.75) is 69.6 Å². The van der Waals surface area contributed by atoms with Gasteiger partial charge in [0.25, 0.3) is 0 Å². The molecule has 0 amide bonds. The van der Waals surface area contributed by atoms with E-state index in [-0.39, 0.29) is 0 Å². The first-order valence-corrected chi connectivity index (χ1v) is 8.74. The van der Waals surface area contributed by atoms with Crippen LogP contribution < -0.4 is 5.32 Å². The number of aryl methyl sites for hydroxylation is 1. The van der Waals surface area contributed by atoms with Gasteiger partial charge in [0.2, 0.25) is 0 Å². The SMILES string of the molecule is CNC1CC(OC2CCCc3ccccc32)C12CCCC2. The van der Waals surface area contributed by atoms with Crippen LogP contribution in [0.4, 0.5) is 0 Å². The van der Waals surface area contributed by atoms with E-state index in [2.05, 4.69) is 36.6 Å². The second-order valence-electron chi connectivity index (χ2n) is 7.22. The van der Waals surface area contributed by atoms with E-state index >= 15 is 0 Å². The third-order valence-electron chi connectivity index (χ3n) is 6.31. The molecule has 2 heteroatoms. The summed E-state index contributed by atoms with van der Waals surface area (Å²) in [6.45, 7) is 0. The van der Waals surface area contributed by atoms with Crippen LogP contribution in [0.5, 0.6) is 0 Å². The summed E-state index contributed by atoms with van der Waals surface area (Å²) in [5.41, 5.74) is 3.42. The minimum atomic E-state index is 0.343. The van der Waals surface area contributed by atoms with Crippen molar-refractivity contribution in [1.82, 2.24) is 5.32 Å². The predicted octanol–water partition coefficient (Wildman–Crippen LogP) is 4.00. The van der Waals surface area contributed by atoms with Crippen LogP contribution in [0.1, 0.15) is 62.2 Å². The lowest BCUT2D eigenvalue weighted by molar-refractivity contribution is -0.164. The number of benzene rings is 1. The second-order valence-corrected chi connectivity index (χ2v) is 7.22. The quantitative estimate of drug-likeness (QED) is 0.906. The van der Waals surface area contributed by atoms with Crippen LogP contribution in [0.2, 0.25) is 0 Å². The molecule has 3 unspecified atom stereocenters. The van der Waals surface area contributed by atoms with E-state index < -0.39 is 0 Å². The Kier molecular flexibility index (Phi) is 3.55. The van der Waals surface area contributed by atoms with Crippen molar-refractivity contribution in [3.05, 3.63) is 35.4 Å². The molecule has 114 valence electrons. The molecule has 21 heavy (non-hydrogen) atoms. The van der Waals surface area contributed by atoms with Gasteiger partial charge in [0, 0.05) is 11.5 Å². The Balaban J connectivity index is 1.52. The smallest absolute Gasteiger partial charge is 0.0831 e. The van der Waals surface area contributed by atoms with Crippen molar-refractivity contribution >= 4 is 0 Å². The van der Waals surface area contributed by atoms with Crippen molar-refractivity contribution in [3.63, 3.8) is 0 Å². The average molecular weight is 285 g/mol. The summed E-state index contributed by atoms with van der Waals surface area (Å²) >= 11 is 0. The van der Waals surface area contributed by atoms with Crippen molar-refractivity contribution < 1.29 is 4.74 Å². The molecule has 2 fully saturated rings. The average Bonchev–Trinajstić information content (AvgIpc) is 3.04. The Morgan fingerprint density at radius 1 is 1.14 bits per heavy atom. The molecule has 4 rings (SSSR count). The summed E-state index contributed by atoms with van der Waals surface area (Å²) in [6, 6.07) is 9.59. The topological polar surface area (TPSA) is 21.3 Å². The summed E-state index contributed by atoms with van der Waals surface area (Å²) < 4.78 is 6.68. The van der Waals surface area contributed by atoms with E-state index in [9.17, 15) is 0 Å². The standard InChI is InChI=1S/C19H27NO/c1-20-17-13-18(19(17)11-4-5-12-19)21-16-10-6-8-14-7-2-3-9-15(14)16/h2-3,7,9,16-18,20H,4-6,8,10-13H2,1H3. The van der Waals surface area contributed by atoms with Crippen LogP contribution in [0.15, 0.2) is 24.3 Å². The molecule has 0 bridgehead atoms. The molecule has 2 nitrogen and oxygen atoms in total. The third kappa shape index (κ3) is 2.15. The molecule has 1 aromatic carbocycles. The lowest BCUT2D eigenvalue weighted by Gasteiger charge is -2.55. The van der Waals surface area contributed by atoms with E-state index in [1.54, 1.807) is 0 Å². The first kappa shape index (κ1) is 13.8. The summed E-state index contributed by atoms with van der Waals surface area (Å²) in [5.74, 6) is 0. The molecule has 1 N–H and O–H groups in total. The maximum atomic E-state index is 6.68. The van der Waals surface area contributed by atoms with Gasteiger partial charge in [-0.1, -0.05) is 37.1 Å². The highest BCUT2D eigenvalue weighted by Crippen LogP contribution is 2.56. The zero-order valence-corrected chi connectivity index (χ0v) is 13.1. The fourth-order valence-corrected chi connectivity index (χ4v) is 5.10. The maximum absolute atomic E-state index is 6.68. The lowest BCUT2D eigenvalue weighted by Crippen LogP contribution is -2.62. The van der Waals surface area contributed by atoms with Crippen LogP contribution in [-0.2, 0) is 11.2 Å². The number of fused-ring (bicyclic) bond motifs is 1. The predicted molar refractivity (Wildman–Crippen MR) is 85.4 cm³/mol. The highest BCUT2D eigenvalue weighted by molar-refractivity contribution is 5.31. The lowest BCUT2D eigenvalue weighted by atomic mass is 9.60. The van der Waals surface area contributed by atoms with Gasteiger partial charge >= 0.3 is 0 Å². The molecule has 3 atom stereocenters. The van der Waals surface area contributed by atoms with E-state index in [1.807, 2.05) is 0 Å². The fraction of sp³-hybridized carbons (Fsp3) is 0.684. The maximum Gasteiger partial charge on any atom is 0.0831 e. The zero-order chi connectivity index (χ0) is 14.3. The molecule has 1 aromatic rings. The molecule has 2 saturated carbocycles. The summed E-state index contributed by atoms with van der Waals surface area (Å²) in [7, 11) is 2.12. The molecule has 3 aliphatic carbocycles. The minimum Gasteiger partial charge on any atom is -0.370 e. The van der Waals surface area contributed by atoms with Gasteiger partial charge in [-0.3, -0.25) is 0 Å². The summed E-state index contributed by atoms with van der Waals surface area (Å²) in [4.78, 5) is 0. The van der Waals surface area contributed by atoms with Crippen molar-refractivity contribution in [3.8, 4) is 0 Å². The fourth-order valence-electron chi connectivity index (χ4n) is 5.10. The highest BCUT2D eigenvalue weighted by Gasteiger charge is 2.56. The number of nitrogens with one attached hydrogen (secondary N) is 1. The number of hydrogen-bond acceptors (Lipinski definition) is 2. The van der Waals surface area contributed by atoms with Crippen molar-refractivity contribution in [2.75, 3.05) is 7.05 Å². The molecule has 1 spiro atoms. The zero-order valence-electron chi connectivity index (χ0n) is 13.1. The number of hydrogen-bond donors (Lipinski definition) is 1. The van der Waals surface area contributed by atoms with Gasteiger partial charge in [-0.25, -0.2) is 0 Å². The molecule has 0 radical (unpaired) electrons. The van der Waals surface area contributed by atoms with E-state index in [0.29, 0.717) is 23.7 Å². The van der Waals surface area contributed by atoms with Gasteiger partial charge in [0.15, 0.2) is 0 Å². The summed E-state index contributed by atoms with van der Waals surface area (Å²) in [6.07, 6.45) is 11.2. The number of ether oxygens (including phenoxy) is 1. The normalized spacial score (nSPS) is 33.7. The molecule has 3 aliphatic rings. The first-order chi connectivity index (χ1) is 10.3. The monoisotopic (exact) mass is 285 g/mol. The van der Waals surface area contributed by atoms with Gasteiger partial charge in [-0.05, 0) is 56.7 Å². The molecular weight excluding hydrogens is 258 g/mol. The second kappa shape index (κ2) is 5.40. The Labute approximate surface area is 128 Å². The molecule has 0 aliphatic heterocycles. The van der Waals surface area contributed by atoms with Crippen LogP contribution in [0.3, 0.4) is 0 Å². The van der Waals surface area contributed by atoms with Crippen LogP contribution in [0, 0.1) is 5.41 Å². The highest BCUT2D eigenvalue weighted by atomic mass is 16.5. The molecule has 0 aromatic heterocycles. The van der Waals surface area contributed by atoms with Gasteiger partial charge in [-0.2, -0.15) is 0 Å². The van der Waals surface area contributed by atoms with Gasteiger partial charge in [0.05, 0.1) is 12.2 Å². The van der Waals surface area contributed by atoms with Crippen molar-refractivity contribution in [1.29, 1.82) is 0 Å². The van der Waals surface area contributed by atoms with E-state index in [1.165, 1.54) is 62.5 Å². The third-order valence-corrected chi connectivity index (χ3v) is 6.31. The largest absolute Gasteiger partial charge is 0.370 e. The molecule has 0 heterocycles. The van der Waals surface area contributed by atoms with Crippen molar-refractivity contribution in [2.24, 2.45) is 5.41 Å². The Hall–Kier alpha value is -0.860. The van der Waals surface area contributed by atoms with Crippen LogP contribution >= 0.6 is 0 Å². The van der Waals surface area contributed by atoms with E-state index in [4.69, 9.17) is 4.74 Å². The van der Waals surface area contributed by atoms with Gasteiger partial charge in [0.1, 0.15) is 0 Å². The summed E-state index contributed by atoms with van der Waals surface area (Å²) in [5, 5.41) is 3.54. The molecular formula is C19H27NO. The van der Waals surface area contributed by atoms with E-state index in [0.717, 1.165) is 0 Å². The van der Waals surface area contributed by atoms with Crippen LogP contribution in [-0.4, -0.2) is 19.2 Å². The van der Waals surface area contributed by atoms with Crippen LogP contribution in [0.25, 0.3) is 0 Å². The Bertz CT molecular complexity index is 506. The Morgan fingerprint density at radius 2 is 1.95 bits per heavy atom. The van der Waals surface area contributed by atoms with Gasteiger partial charge < -0.3 is 10.1 Å². The Morgan fingerprint density at radius 3 is 2.76 bits per heavy atom. The van der Waals surface area contributed by atoms with Gasteiger partial charge in [-0.15, -0.1) is 0 Å². The minimum absolute atomic E-state index is 0.343. The first-order valence-electron chi connectivity index (χ1n) is 8.74. The molecule has 0 saturated heterocycles.